The maximum absolute atomic E-state index is 15.7. The second-order valence-electron chi connectivity index (χ2n) is 20.8. The fraction of sp³-hybridized carbons (Fsp3) is 0.694. The lowest BCUT2D eigenvalue weighted by molar-refractivity contribution is -0.362. The molecule has 1 spiro atoms. The number of aliphatic hydroxyl groups is 1. The zero-order chi connectivity index (χ0) is 43.0. The summed E-state index contributed by atoms with van der Waals surface area (Å²) in [5.74, 6) is 2.90. The Kier molecular flexibility index (Phi) is 11.5. The molecule has 4 aliphatic carbocycles. The van der Waals surface area contributed by atoms with Gasteiger partial charge in [-0.3, -0.25) is 14.5 Å². The standard InChI is InChI=1S/C49H70BF2N5O4/c1-30-24-44-47(34(5)49(61-44)20-18-39-40-15-11-35-26-38(58)17-19-48(35,6)42(40)28-41(39)33(49)4)55(29-30)23-22-54-45(59)10-8-7-9-21-53-46(60)16-14-36-12-13-37-27-43-31(2)25-32(3)56(43)50(51,52)57(36)37/h11-13,25,27,30,34,38-40,42,44,47,58H,7-10,14-24,26,28-29H2,1-6H3,(H,53,60)(H,54,59)/t30-,34+,38-,39-,40-,42-,44+,47-,48-,49-/m0/s1. The van der Waals surface area contributed by atoms with E-state index in [2.05, 4.69) is 49.3 Å². The molecule has 0 bridgehead atoms. The van der Waals surface area contributed by atoms with Crippen LogP contribution in [-0.4, -0.2) is 93.5 Å². The molecule has 61 heavy (non-hydrogen) atoms. The van der Waals surface area contributed by atoms with Gasteiger partial charge in [0.2, 0.25) is 11.8 Å². The highest BCUT2D eigenvalue weighted by atomic mass is 19.2. The molecule has 3 N–H and O–H groups in total. The summed E-state index contributed by atoms with van der Waals surface area (Å²) < 4.78 is 41.0. The van der Waals surface area contributed by atoms with Crippen LogP contribution in [0.5, 0.6) is 0 Å². The van der Waals surface area contributed by atoms with E-state index in [0.29, 0.717) is 77.9 Å². The molecular weight excluding hydrogens is 771 g/mol. The number of halogens is 2. The lowest BCUT2D eigenvalue weighted by Crippen LogP contribution is -2.54. The minimum absolute atomic E-state index is 0.0711. The van der Waals surface area contributed by atoms with Crippen LogP contribution in [0, 0.1) is 48.9 Å². The van der Waals surface area contributed by atoms with Gasteiger partial charge in [0.25, 0.3) is 0 Å². The maximum Gasteiger partial charge on any atom is 0.737 e. The van der Waals surface area contributed by atoms with Gasteiger partial charge in [-0.1, -0.05) is 44.4 Å². The largest absolute Gasteiger partial charge is 0.737 e. The molecule has 0 aromatic carbocycles. The number of nitrogens with zero attached hydrogens (tertiary/aromatic N) is 3. The minimum Gasteiger partial charge on any atom is -0.394 e. The van der Waals surface area contributed by atoms with Gasteiger partial charge in [0.1, 0.15) is 5.71 Å². The number of nitrogens with one attached hydrogen (secondary N) is 2. The number of aryl methyl sites for hydroxylation is 2. The predicted octanol–water partition coefficient (Wildman–Crippen LogP) is 8.01. The van der Waals surface area contributed by atoms with E-state index in [-0.39, 0.29) is 47.9 Å². The zero-order valence-corrected chi connectivity index (χ0v) is 37.6. The normalized spacial score (nSPS) is 35.9. The average molecular weight is 842 g/mol. The highest BCUT2D eigenvalue weighted by molar-refractivity contribution is 6.58. The highest BCUT2D eigenvalue weighted by Gasteiger charge is 2.62. The summed E-state index contributed by atoms with van der Waals surface area (Å²) >= 11 is 0. The van der Waals surface area contributed by atoms with E-state index in [1.165, 1.54) is 24.0 Å². The van der Waals surface area contributed by atoms with Crippen LogP contribution in [0.1, 0.15) is 135 Å². The van der Waals surface area contributed by atoms with Crippen LogP contribution in [0.3, 0.4) is 0 Å². The van der Waals surface area contributed by atoms with Crippen molar-refractivity contribution in [3.05, 3.63) is 63.7 Å². The minimum atomic E-state index is -4.03. The van der Waals surface area contributed by atoms with Crippen molar-refractivity contribution in [2.45, 2.75) is 155 Å². The van der Waals surface area contributed by atoms with Crippen molar-refractivity contribution in [1.82, 2.24) is 20.0 Å². The number of unbranched alkanes of at least 4 members (excludes halogenated alkanes) is 2. The molecule has 2 saturated carbocycles. The third-order valence-electron chi connectivity index (χ3n) is 17.2. The van der Waals surface area contributed by atoms with Crippen molar-refractivity contribution in [2.75, 3.05) is 26.2 Å². The maximum atomic E-state index is 15.7. The Morgan fingerprint density at radius 3 is 2.62 bits per heavy atom. The molecule has 1 aromatic heterocycles. The molecule has 2 saturated heterocycles. The average Bonchev–Trinajstić information content (AvgIpc) is 3.96. The van der Waals surface area contributed by atoms with E-state index in [9.17, 15) is 14.7 Å². The molecule has 9 rings (SSSR count). The van der Waals surface area contributed by atoms with Crippen molar-refractivity contribution in [3.8, 4) is 0 Å². The van der Waals surface area contributed by atoms with Crippen molar-refractivity contribution >= 4 is 30.6 Å². The van der Waals surface area contributed by atoms with Gasteiger partial charge < -0.3 is 38.1 Å². The van der Waals surface area contributed by atoms with Crippen LogP contribution in [0.25, 0.3) is 6.08 Å². The Morgan fingerprint density at radius 1 is 1.02 bits per heavy atom. The predicted molar refractivity (Wildman–Crippen MR) is 237 cm³/mol. The van der Waals surface area contributed by atoms with E-state index in [4.69, 9.17) is 4.74 Å². The first kappa shape index (κ1) is 42.9. The molecule has 0 unspecified atom stereocenters. The number of carbonyl (C=O) groups is 2. The molecule has 1 aromatic rings. The summed E-state index contributed by atoms with van der Waals surface area (Å²) in [5, 5.41) is 16.6. The smallest absolute Gasteiger partial charge is 0.394 e. The molecule has 10 atom stereocenters. The van der Waals surface area contributed by atoms with Crippen LogP contribution >= 0.6 is 0 Å². The number of rotatable bonds is 12. The van der Waals surface area contributed by atoms with Gasteiger partial charge in [-0.05, 0) is 137 Å². The third kappa shape index (κ3) is 7.36. The molecule has 4 fully saturated rings. The number of amides is 2. The second-order valence-corrected chi connectivity index (χ2v) is 20.8. The van der Waals surface area contributed by atoms with E-state index in [1.54, 1.807) is 36.8 Å². The quantitative estimate of drug-likeness (QED) is 0.113. The summed E-state index contributed by atoms with van der Waals surface area (Å²) in [7, 11) is 0. The van der Waals surface area contributed by atoms with Crippen molar-refractivity contribution < 1.29 is 32.6 Å². The number of likely N-dealkylation sites (tertiary alicyclic amines) is 1. The number of ether oxygens (including phenoxy) is 1. The first-order chi connectivity index (χ1) is 29.1. The van der Waals surface area contributed by atoms with Crippen molar-refractivity contribution in [3.63, 3.8) is 0 Å². The summed E-state index contributed by atoms with van der Waals surface area (Å²) in [5.41, 5.74) is 7.61. The van der Waals surface area contributed by atoms with Gasteiger partial charge in [-0.25, -0.2) is 0 Å². The van der Waals surface area contributed by atoms with Crippen LogP contribution in [-0.2, 0) is 14.3 Å². The molecule has 332 valence electrons. The van der Waals surface area contributed by atoms with Crippen molar-refractivity contribution in [2.24, 2.45) is 35.0 Å². The molecule has 9 nitrogen and oxygen atoms in total. The molecule has 2 amide bonds. The first-order valence-electron chi connectivity index (χ1n) is 23.9. The van der Waals surface area contributed by atoms with Gasteiger partial charge >= 0.3 is 6.97 Å². The number of piperidine rings is 1. The van der Waals surface area contributed by atoms with Gasteiger partial charge in [0, 0.05) is 81.3 Å². The van der Waals surface area contributed by atoms with E-state index in [0.717, 1.165) is 85.4 Å². The Hall–Kier alpha value is -3.35. The van der Waals surface area contributed by atoms with Gasteiger partial charge in [-0.2, -0.15) is 0 Å². The molecule has 12 heteroatoms. The van der Waals surface area contributed by atoms with Gasteiger partial charge in [-0.15, -0.1) is 0 Å². The van der Waals surface area contributed by atoms with Crippen LogP contribution in [0.4, 0.5) is 8.63 Å². The SMILES string of the molecule is CC1=C2C[C@H]3[C@@H](CC=C4C[C@@H](O)CC[C@@]43C)[C@@H]2CC[C@]12O[C@@H]1C[C@H](C)CN(CCNC(=O)CCCCCNC(=O)CCC3=[N+]4C(=Cc5c(C)cc(C)n5[B-]4(F)F)C=C3)[C@H]1[C@H]2C. The topological polar surface area (TPSA) is 98.8 Å². The molecule has 8 aliphatic rings. The molecule has 4 aliphatic heterocycles. The Labute approximate surface area is 362 Å². The van der Waals surface area contributed by atoms with Gasteiger partial charge in [0.05, 0.1) is 17.8 Å². The number of fused-ring (bicyclic) bond motifs is 8. The molecule has 5 heterocycles. The number of hydrogen-bond acceptors (Lipinski definition) is 5. The highest BCUT2D eigenvalue weighted by Crippen LogP contribution is 2.65. The summed E-state index contributed by atoms with van der Waals surface area (Å²) in [6, 6.07) is 2.14. The number of hydrogen-bond donors (Lipinski definition) is 3. The van der Waals surface area contributed by atoms with Crippen molar-refractivity contribution in [1.29, 1.82) is 0 Å². The summed E-state index contributed by atoms with van der Waals surface area (Å²) in [4.78, 5) is 28.2. The van der Waals surface area contributed by atoms with Gasteiger partial charge in [0.15, 0.2) is 5.70 Å². The van der Waals surface area contributed by atoms with E-state index >= 15 is 8.63 Å². The fourth-order valence-electron chi connectivity index (χ4n) is 14.2. The third-order valence-corrected chi connectivity index (χ3v) is 17.2. The van der Waals surface area contributed by atoms with Crippen LogP contribution in [0.15, 0.2) is 46.7 Å². The summed E-state index contributed by atoms with van der Waals surface area (Å²) in [6.07, 6.45) is 19.6. The first-order valence-corrected chi connectivity index (χ1v) is 23.9. The summed E-state index contributed by atoms with van der Waals surface area (Å²) in [6.45, 7) is 12.2. The Balaban J connectivity index is 0.712. The number of aromatic nitrogens is 1. The lowest BCUT2D eigenvalue weighted by Gasteiger charge is -2.49. The number of carbonyl (C=O) groups excluding carboxylic acids is 2. The molecular formula is C49H70BF2N5O4. The van der Waals surface area contributed by atoms with E-state index in [1.807, 2.05) is 6.92 Å². The fourth-order valence-corrected chi connectivity index (χ4v) is 14.2. The number of aliphatic hydroxyl groups excluding tert-OH is 1. The Morgan fingerprint density at radius 2 is 1.80 bits per heavy atom. The Bertz CT molecular complexity index is 2110. The second kappa shape index (κ2) is 16.3. The zero-order valence-electron chi connectivity index (χ0n) is 37.6. The van der Waals surface area contributed by atoms with E-state index < -0.39 is 6.97 Å². The monoisotopic (exact) mass is 842 g/mol. The number of allylic oxidation sites excluding steroid dienone is 4. The molecule has 0 radical (unpaired) electrons. The lowest BCUT2D eigenvalue weighted by atomic mass is 9.56. The van der Waals surface area contributed by atoms with Crippen LogP contribution in [0.2, 0.25) is 0 Å². The van der Waals surface area contributed by atoms with Crippen LogP contribution < -0.4 is 10.6 Å².